The number of likely N-dealkylation sites (tertiary alicyclic amines) is 2. The summed E-state index contributed by atoms with van der Waals surface area (Å²) in [5, 5.41) is 1.09. The molecule has 0 amide bonds. The second-order valence-electron chi connectivity index (χ2n) is 9.25. The van der Waals surface area contributed by atoms with Crippen LogP contribution < -0.4 is 14.9 Å². The van der Waals surface area contributed by atoms with Gasteiger partial charge < -0.3 is 23.7 Å². The lowest BCUT2D eigenvalue weighted by atomic mass is 10.1. The lowest BCUT2D eigenvalue weighted by Crippen LogP contribution is -2.21. The molecule has 0 N–H and O–H groups in total. The zero-order chi connectivity index (χ0) is 22.5. The van der Waals surface area contributed by atoms with Gasteiger partial charge in [-0.15, -0.1) is 0 Å². The topological polar surface area (TPSA) is 55.1 Å². The summed E-state index contributed by atoms with van der Waals surface area (Å²) >= 11 is 0. The van der Waals surface area contributed by atoms with E-state index in [0.29, 0.717) is 46.7 Å². The van der Waals surface area contributed by atoms with E-state index in [1.807, 2.05) is 24.3 Å². The normalized spacial score (nSPS) is 17.3. The van der Waals surface area contributed by atoms with E-state index in [-0.39, 0.29) is 5.43 Å². The predicted molar refractivity (Wildman–Crippen MR) is 132 cm³/mol. The highest BCUT2D eigenvalue weighted by Crippen LogP contribution is 2.25. The summed E-state index contributed by atoms with van der Waals surface area (Å²) in [5.41, 5.74) is 1.11. The highest BCUT2D eigenvalue weighted by molar-refractivity contribution is 5.90. The molecule has 3 heterocycles. The van der Waals surface area contributed by atoms with Crippen molar-refractivity contribution in [2.24, 2.45) is 0 Å². The molecule has 5 rings (SSSR count). The van der Waals surface area contributed by atoms with Gasteiger partial charge in [-0.05, 0) is 101 Å². The summed E-state index contributed by atoms with van der Waals surface area (Å²) in [7, 11) is 0. The van der Waals surface area contributed by atoms with Crippen LogP contribution in [0.25, 0.3) is 21.9 Å². The van der Waals surface area contributed by atoms with Crippen LogP contribution in [-0.4, -0.2) is 62.3 Å². The maximum Gasteiger partial charge on any atom is 0.200 e. The zero-order valence-corrected chi connectivity index (χ0v) is 19.4. The number of benzene rings is 2. The molecule has 176 valence electrons. The van der Waals surface area contributed by atoms with E-state index in [9.17, 15) is 4.79 Å². The van der Waals surface area contributed by atoms with Gasteiger partial charge in [0.1, 0.15) is 22.7 Å². The minimum Gasteiger partial charge on any atom is -0.494 e. The van der Waals surface area contributed by atoms with Gasteiger partial charge in [-0.2, -0.15) is 0 Å². The van der Waals surface area contributed by atoms with Gasteiger partial charge in [0.25, 0.3) is 0 Å². The van der Waals surface area contributed by atoms with E-state index < -0.39 is 0 Å². The molecule has 6 heteroatoms. The van der Waals surface area contributed by atoms with Crippen molar-refractivity contribution in [3.63, 3.8) is 0 Å². The number of hydrogen-bond donors (Lipinski definition) is 0. The molecule has 2 aromatic carbocycles. The Morgan fingerprint density at radius 3 is 1.61 bits per heavy atom. The van der Waals surface area contributed by atoms with Gasteiger partial charge in [0.2, 0.25) is 5.43 Å². The molecule has 0 radical (unpaired) electrons. The van der Waals surface area contributed by atoms with E-state index in [1.165, 1.54) is 51.9 Å². The van der Waals surface area contributed by atoms with Crippen molar-refractivity contribution < 1.29 is 13.9 Å². The molecule has 0 aliphatic carbocycles. The minimum absolute atomic E-state index is 0.0451. The fourth-order valence-corrected chi connectivity index (χ4v) is 4.96. The summed E-state index contributed by atoms with van der Waals surface area (Å²) in [5.74, 6) is 1.43. The van der Waals surface area contributed by atoms with Crippen LogP contribution in [0.15, 0.2) is 45.6 Å². The lowest BCUT2D eigenvalue weighted by molar-refractivity contribution is 0.263. The van der Waals surface area contributed by atoms with Crippen molar-refractivity contribution in [3.05, 3.63) is 46.6 Å². The number of nitrogens with zero attached hydrogens (tertiary/aromatic N) is 2. The fourth-order valence-electron chi connectivity index (χ4n) is 4.96. The van der Waals surface area contributed by atoms with Crippen LogP contribution >= 0.6 is 0 Å². The molecule has 0 bridgehead atoms. The summed E-state index contributed by atoms with van der Waals surface area (Å²) in [6, 6.07) is 11.0. The Hall–Kier alpha value is -2.57. The molecule has 0 spiro atoms. The van der Waals surface area contributed by atoms with Crippen molar-refractivity contribution >= 4 is 21.9 Å². The van der Waals surface area contributed by atoms with Crippen LogP contribution in [0.5, 0.6) is 11.5 Å². The molecule has 6 nitrogen and oxygen atoms in total. The van der Waals surface area contributed by atoms with Crippen molar-refractivity contribution in [2.45, 2.75) is 38.5 Å². The SMILES string of the molecule is O=c1c2cc(OCCCN3CCCC3)ccc2oc2ccc(OCCCN3CCCC3)cc12. The molecule has 2 aliphatic rings. The Kier molecular flexibility index (Phi) is 7.12. The number of hydrogen-bond acceptors (Lipinski definition) is 6. The summed E-state index contributed by atoms with van der Waals surface area (Å²) in [4.78, 5) is 18.2. The molecular weight excluding hydrogens is 416 g/mol. The van der Waals surface area contributed by atoms with Crippen LogP contribution in [0.2, 0.25) is 0 Å². The molecule has 0 atom stereocenters. The number of fused-ring (bicyclic) bond motifs is 2. The van der Waals surface area contributed by atoms with E-state index in [2.05, 4.69) is 9.80 Å². The lowest BCUT2D eigenvalue weighted by Gasteiger charge is -2.14. The van der Waals surface area contributed by atoms with Crippen LogP contribution in [0, 0.1) is 0 Å². The first-order chi connectivity index (χ1) is 16.3. The Morgan fingerprint density at radius 2 is 1.15 bits per heavy atom. The molecular formula is C27H34N2O4. The molecule has 2 aliphatic heterocycles. The van der Waals surface area contributed by atoms with Gasteiger partial charge in [0.15, 0.2) is 0 Å². The first kappa shape index (κ1) is 22.2. The molecule has 2 fully saturated rings. The third kappa shape index (κ3) is 5.50. The summed E-state index contributed by atoms with van der Waals surface area (Å²) in [6.45, 7) is 8.25. The van der Waals surface area contributed by atoms with Crippen molar-refractivity contribution in [1.29, 1.82) is 0 Å². The average molecular weight is 451 g/mol. The molecule has 2 saturated heterocycles. The highest BCUT2D eigenvalue weighted by atomic mass is 16.5. The third-order valence-electron chi connectivity index (χ3n) is 6.78. The summed E-state index contributed by atoms with van der Waals surface area (Å²) in [6.07, 6.45) is 7.20. The first-order valence-corrected chi connectivity index (χ1v) is 12.5. The van der Waals surface area contributed by atoms with Gasteiger partial charge in [-0.3, -0.25) is 4.79 Å². The smallest absolute Gasteiger partial charge is 0.200 e. The fraction of sp³-hybridized carbons (Fsp3) is 0.519. The van der Waals surface area contributed by atoms with Crippen LogP contribution in [0.4, 0.5) is 0 Å². The second kappa shape index (κ2) is 10.6. The van der Waals surface area contributed by atoms with Gasteiger partial charge in [-0.1, -0.05) is 0 Å². The predicted octanol–water partition coefficient (Wildman–Crippen LogP) is 4.68. The third-order valence-corrected chi connectivity index (χ3v) is 6.78. The maximum atomic E-state index is 13.2. The monoisotopic (exact) mass is 450 g/mol. The Morgan fingerprint density at radius 1 is 0.697 bits per heavy atom. The summed E-state index contributed by atoms with van der Waals surface area (Å²) < 4.78 is 17.9. The molecule has 1 aromatic heterocycles. The van der Waals surface area contributed by atoms with E-state index >= 15 is 0 Å². The van der Waals surface area contributed by atoms with E-state index in [1.54, 1.807) is 12.1 Å². The van der Waals surface area contributed by atoms with Gasteiger partial charge in [-0.25, -0.2) is 0 Å². The Balaban J connectivity index is 1.23. The standard InChI is InChI=1S/C27H34N2O4/c30-27-23-19-21(31-17-5-15-28-11-1-2-12-28)7-9-25(23)33-26-10-8-22(20-24(26)27)32-18-6-16-29-13-3-4-14-29/h7-10,19-20H,1-6,11-18H2. The quantitative estimate of drug-likeness (QED) is 0.330. The van der Waals surface area contributed by atoms with Crippen LogP contribution in [-0.2, 0) is 0 Å². The number of rotatable bonds is 10. The van der Waals surface area contributed by atoms with Crippen molar-refractivity contribution in [1.82, 2.24) is 9.80 Å². The van der Waals surface area contributed by atoms with Crippen LogP contribution in [0.3, 0.4) is 0 Å². The zero-order valence-electron chi connectivity index (χ0n) is 19.4. The van der Waals surface area contributed by atoms with Gasteiger partial charge >= 0.3 is 0 Å². The largest absolute Gasteiger partial charge is 0.494 e. The Bertz CT molecular complexity index is 1050. The average Bonchev–Trinajstić information content (AvgIpc) is 3.55. The van der Waals surface area contributed by atoms with Crippen LogP contribution in [0.1, 0.15) is 38.5 Å². The second-order valence-corrected chi connectivity index (χ2v) is 9.25. The Labute approximate surface area is 195 Å². The van der Waals surface area contributed by atoms with E-state index in [4.69, 9.17) is 13.9 Å². The van der Waals surface area contributed by atoms with Crippen molar-refractivity contribution in [3.8, 4) is 11.5 Å². The molecule has 0 saturated carbocycles. The molecule has 0 unspecified atom stereocenters. The molecule has 3 aromatic rings. The highest BCUT2D eigenvalue weighted by Gasteiger charge is 2.13. The maximum absolute atomic E-state index is 13.2. The van der Waals surface area contributed by atoms with Gasteiger partial charge in [0.05, 0.1) is 24.0 Å². The minimum atomic E-state index is -0.0451. The first-order valence-electron chi connectivity index (χ1n) is 12.5. The van der Waals surface area contributed by atoms with Crippen molar-refractivity contribution in [2.75, 3.05) is 52.5 Å². The van der Waals surface area contributed by atoms with E-state index in [0.717, 1.165) is 25.9 Å². The molecule has 33 heavy (non-hydrogen) atoms. The van der Waals surface area contributed by atoms with Gasteiger partial charge in [0, 0.05) is 13.1 Å². The number of ether oxygens (including phenoxy) is 2.